The Balaban J connectivity index is 2.93. The van der Waals surface area contributed by atoms with Gasteiger partial charge in [0.05, 0.1) is 10.9 Å². The summed E-state index contributed by atoms with van der Waals surface area (Å²) < 4.78 is 0. The molecule has 72 valence electrons. The van der Waals surface area contributed by atoms with Crippen molar-refractivity contribution in [1.82, 2.24) is 4.98 Å². The summed E-state index contributed by atoms with van der Waals surface area (Å²) in [6, 6.07) is 0. The van der Waals surface area contributed by atoms with Crippen molar-refractivity contribution in [1.29, 1.82) is 0 Å². The lowest BCUT2D eigenvalue weighted by atomic mass is 9.98. The lowest BCUT2D eigenvalue weighted by molar-refractivity contribution is 0.101. The van der Waals surface area contributed by atoms with Gasteiger partial charge in [-0.2, -0.15) is 0 Å². The van der Waals surface area contributed by atoms with E-state index < -0.39 is 0 Å². The first kappa shape index (κ1) is 10.7. The molecule has 13 heavy (non-hydrogen) atoms. The minimum Gasteiger partial charge on any atom is -0.291 e. The Bertz CT molecular complexity index is 314. The van der Waals surface area contributed by atoms with E-state index in [0.29, 0.717) is 5.69 Å². The van der Waals surface area contributed by atoms with Gasteiger partial charge < -0.3 is 0 Å². The molecule has 1 aromatic rings. The van der Waals surface area contributed by atoms with Gasteiger partial charge in [-0.25, -0.2) is 4.98 Å². The van der Waals surface area contributed by atoms with Gasteiger partial charge in [0.25, 0.3) is 0 Å². The van der Waals surface area contributed by atoms with E-state index in [9.17, 15) is 4.79 Å². The fraction of sp³-hybridized carbons (Fsp3) is 0.556. The average Bonchev–Trinajstić information content (AvgIpc) is 2.50. The number of hydrogen-bond donors (Lipinski definition) is 0. The third-order valence-electron chi connectivity index (χ3n) is 1.55. The number of carbonyl (C=O) groups excluding carboxylic acids is 1. The molecule has 1 heterocycles. The van der Waals surface area contributed by atoms with Crippen molar-refractivity contribution in [3.05, 3.63) is 16.1 Å². The highest BCUT2D eigenvalue weighted by Gasteiger charge is 2.19. The monoisotopic (exact) mass is 217 g/mol. The number of aromatic nitrogens is 1. The highest BCUT2D eigenvalue weighted by molar-refractivity contribution is 7.10. The van der Waals surface area contributed by atoms with E-state index >= 15 is 0 Å². The van der Waals surface area contributed by atoms with E-state index in [-0.39, 0.29) is 17.1 Å². The number of hydrogen-bond acceptors (Lipinski definition) is 3. The minimum absolute atomic E-state index is 0.00726. The van der Waals surface area contributed by atoms with Crippen LogP contribution in [0.15, 0.2) is 5.38 Å². The Morgan fingerprint density at radius 1 is 1.62 bits per heavy atom. The maximum absolute atomic E-state index is 11.2. The van der Waals surface area contributed by atoms with Crippen LogP contribution in [0.5, 0.6) is 0 Å². The Kier molecular flexibility index (Phi) is 3.09. The molecule has 0 amide bonds. The largest absolute Gasteiger partial charge is 0.291 e. The molecule has 0 unspecified atom stereocenters. The van der Waals surface area contributed by atoms with Crippen molar-refractivity contribution in [2.24, 2.45) is 0 Å². The topological polar surface area (TPSA) is 30.0 Å². The van der Waals surface area contributed by atoms with Crippen molar-refractivity contribution in [3.63, 3.8) is 0 Å². The van der Waals surface area contributed by atoms with Crippen LogP contribution in [0.25, 0.3) is 0 Å². The minimum atomic E-state index is -0.103. The summed E-state index contributed by atoms with van der Waals surface area (Å²) in [4.78, 5) is 15.4. The fourth-order valence-corrected chi connectivity index (χ4v) is 1.86. The number of Topliss-reactive ketones (excluding diaryl/α,β-unsaturated/α-hetero) is 1. The van der Waals surface area contributed by atoms with Crippen LogP contribution in [-0.4, -0.2) is 16.6 Å². The van der Waals surface area contributed by atoms with Gasteiger partial charge in [0.15, 0.2) is 5.78 Å². The molecule has 0 aliphatic carbocycles. The second-order valence-corrected chi connectivity index (χ2v) is 4.97. The molecule has 0 aliphatic heterocycles. The van der Waals surface area contributed by atoms with E-state index in [1.54, 1.807) is 5.38 Å². The Morgan fingerprint density at radius 3 is 2.62 bits per heavy atom. The van der Waals surface area contributed by atoms with Crippen LogP contribution in [0.1, 0.15) is 36.3 Å². The first-order valence-corrected chi connectivity index (χ1v) is 5.41. The molecule has 0 bridgehead atoms. The molecule has 0 radical (unpaired) electrons. The van der Waals surface area contributed by atoms with Crippen molar-refractivity contribution in [2.75, 3.05) is 5.88 Å². The smallest absolute Gasteiger partial charge is 0.196 e. The molecule has 1 aromatic heterocycles. The Morgan fingerprint density at radius 2 is 2.23 bits per heavy atom. The normalized spacial score (nSPS) is 11.7. The van der Waals surface area contributed by atoms with E-state index in [1.807, 2.05) is 0 Å². The van der Waals surface area contributed by atoms with Gasteiger partial charge in [-0.3, -0.25) is 4.79 Å². The molecule has 0 fully saturated rings. The molecular formula is C9H12ClNOS. The van der Waals surface area contributed by atoms with Gasteiger partial charge in [0.1, 0.15) is 5.69 Å². The number of thiazole rings is 1. The molecule has 4 heteroatoms. The lowest BCUT2D eigenvalue weighted by Gasteiger charge is -2.13. The van der Waals surface area contributed by atoms with E-state index in [1.165, 1.54) is 11.3 Å². The van der Waals surface area contributed by atoms with Crippen molar-refractivity contribution >= 4 is 28.7 Å². The standard InChI is InChI=1S/C9H12ClNOS/c1-9(2,3)8-11-6(5-13-8)7(12)4-10/h5H,4H2,1-3H3. The quantitative estimate of drug-likeness (QED) is 0.563. The second kappa shape index (κ2) is 3.76. The molecule has 0 N–H and O–H groups in total. The van der Waals surface area contributed by atoms with Crippen LogP contribution in [0.2, 0.25) is 0 Å². The van der Waals surface area contributed by atoms with Gasteiger partial charge >= 0.3 is 0 Å². The maximum Gasteiger partial charge on any atom is 0.196 e. The molecule has 0 aromatic carbocycles. The lowest BCUT2D eigenvalue weighted by Crippen LogP contribution is -2.11. The van der Waals surface area contributed by atoms with Crippen LogP contribution in [0.4, 0.5) is 0 Å². The first-order chi connectivity index (χ1) is 5.95. The highest BCUT2D eigenvalue weighted by Crippen LogP contribution is 2.25. The zero-order valence-electron chi connectivity index (χ0n) is 7.93. The van der Waals surface area contributed by atoms with Crippen molar-refractivity contribution in [3.8, 4) is 0 Å². The second-order valence-electron chi connectivity index (χ2n) is 3.84. The molecule has 2 nitrogen and oxygen atoms in total. The number of ketones is 1. The number of halogens is 1. The summed E-state index contributed by atoms with van der Waals surface area (Å²) >= 11 is 6.93. The third kappa shape index (κ3) is 2.51. The van der Waals surface area contributed by atoms with Gasteiger partial charge in [-0.15, -0.1) is 22.9 Å². The fourth-order valence-electron chi connectivity index (χ4n) is 0.815. The number of rotatable bonds is 2. The van der Waals surface area contributed by atoms with Crippen molar-refractivity contribution < 1.29 is 4.79 Å². The Hall–Kier alpha value is -0.410. The molecule has 0 saturated heterocycles. The summed E-state index contributed by atoms with van der Waals surface area (Å²) in [5, 5.41) is 2.74. The molecule has 0 spiro atoms. The van der Waals surface area contributed by atoms with E-state index in [4.69, 9.17) is 11.6 Å². The van der Waals surface area contributed by atoms with Gasteiger partial charge in [-0.1, -0.05) is 20.8 Å². The molecule has 0 saturated carbocycles. The summed E-state index contributed by atoms with van der Waals surface area (Å²) in [6.07, 6.45) is 0. The van der Waals surface area contributed by atoms with Crippen LogP contribution >= 0.6 is 22.9 Å². The number of alkyl halides is 1. The first-order valence-electron chi connectivity index (χ1n) is 4.00. The number of carbonyl (C=O) groups is 1. The summed E-state index contributed by atoms with van der Waals surface area (Å²) in [7, 11) is 0. The predicted octanol–water partition coefficient (Wildman–Crippen LogP) is 2.86. The maximum atomic E-state index is 11.2. The van der Waals surface area contributed by atoms with E-state index in [2.05, 4.69) is 25.8 Å². The van der Waals surface area contributed by atoms with Gasteiger partial charge in [0, 0.05) is 10.8 Å². The van der Waals surface area contributed by atoms with Crippen molar-refractivity contribution in [2.45, 2.75) is 26.2 Å². The molecule has 0 aliphatic rings. The Labute approximate surface area is 86.9 Å². The van der Waals surface area contributed by atoms with Crippen LogP contribution in [0, 0.1) is 0 Å². The SMILES string of the molecule is CC(C)(C)c1nc(C(=O)CCl)cs1. The van der Waals surface area contributed by atoms with Crippen LogP contribution < -0.4 is 0 Å². The third-order valence-corrected chi connectivity index (χ3v) is 3.06. The number of nitrogens with zero attached hydrogens (tertiary/aromatic N) is 1. The summed E-state index contributed by atoms with van der Waals surface area (Å²) in [5.74, 6) is -0.0961. The van der Waals surface area contributed by atoms with Gasteiger partial charge in [0.2, 0.25) is 0 Å². The molecule has 0 atom stereocenters. The van der Waals surface area contributed by atoms with E-state index in [0.717, 1.165) is 5.01 Å². The molecule has 1 rings (SSSR count). The zero-order chi connectivity index (χ0) is 10.1. The van der Waals surface area contributed by atoms with Crippen LogP contribution in [-0.2, 0) is 5.41 Å². The zero-order valence-corrected chi connectivity index (χ0v) is 9.50. The average molecular weight is 218 g/mol. The van der Waals surface area contributed by atoms with Gasteiger partial charge in [-0.05, 0) is 0 Å². The summed E-state index contributed by atoms with van der Waals surface area (Å²) in [6.45, 7) is 6.21. The highest BCUT2D eigenvalue weighted by atomic mass is 35.5. The predicted molar refractivity (Wildman–Crippen MR) is 55.9 cm³/mol. The van der Waals surface area contributed by atoms with Crippen LogP contribution in [0.3, 0.4) is 0 Å². The molecular weight excluding hydrogens is 206 g/mol. The summed E-state index contributed by atoms with van der Waals surface area (Å²) in [5.41, 5.74) is 0.500.